The van der Waals surface area contributed by atoms with Crippen LogP contribution in [0.2, 0.25) is 0 Å². The monoisotopic (exact) mass is 253 g/mol. The van der Waals surface area contributed by atoms with Gasteiger partial charge in [-0.25, -0.2) is 0 Å². The van der Waals surface area contributed by atoms with Gasteiger partial charge in [0.2, 0.25) is 0 Å². The summed E-state index contributed by atoms with van der Waals surface area (Å²) in [6, 6.07) is 7.47. The molecule has 0 spiro atoms. The van der Waals surface area contributed by atoms with Gasteiger partial charge in [0.15, 0.2) is 0 Å². The summed E-state index contributed by atoms with van der Waals surface area (Å²) in [7, 11) is 0. The third-order valence-electron chi connectivity index (χ3n) is 3.10. The lowest BCUT2D eigenvalue weighted by molar-refractivity contribution is -0.0498. The van der Waals surface area contributed by atoms with E-state index in [9.17, 15) is 8.78 Å². The van der Waals surface area contributed by atoms with Gasteiger partial charge in [-0.1, -0.05) is 24.3 Å². The molecule has 0 fully saturated rings. The molecule has 1 N–H and O–H groups in total. The predicted molar refractivity (Wildman–Crippen MR) is 66.8 cm³/mol. The van der Waals surface area contributed by atoms with Gasteiger partial charge in [-0.3, -0.25) is 0 Å². The van der Waals surface area contributed by atoms with Gasteiger partial charge in [0, 0.05) is 12.1 Å². The molecule has 0 aromatic heterocycles. The summed E-state index contributed by atoms with van der Waals surface area (Å²) < 4.78 is 28.3. The summed E-state index contributed by atoms with van der Waals surface area (Å²) >= 11 is 0. The fourth-order valence-electron chi connectivity index (χ4n) is 2.14. The summed E-state index contributed by atoms with van der Waals surface area (Å²) in [6.45, 7) is -0.697. The van der Waals surface area contributed by atoms with Gasteiger partial charge in [-0.15, -0.1) is 0 Å². The number of halogens is 2. The number of hydrogen-bond acceptors (Lipinski definition) is 2. The van der Waals surface area contributed by atoms with Crippen LogP contribution in [0.1, 0.15) is 31.4 Å². The van der Waals surface area contributed by atoms with Crippen LogP contribution in [-0.2, 0) is 0 Å². The Hall–Kier alpha value is -1.42. The van der Waals surface area contributed by atoms with E-state index in [0.29, 0.717) is 6.04 Å². The maximum absolute atomic E-state index is 12.0. The fourth-order valence-corrected chi connectivity index (χ4v) is 2.14. The average Bonchev–Trinajstić information content (AvgIpc) is 2.82. The molecule has 4 heteroatoms. The molecule has 98 valence electrons. The maximum atomic E-state index is 12.0. The molecular formula is C14H17F2NO. The number of benzene rings is 1. The van der Waals surface area contributed by atoms with Crippen LogP contribution in [0.25, 0.3) is 0 Å². The Morgan fingerprint density at radius 2 is 1.78 bits per heavy atom. The van der Waals surface area contributed by atoms with Crippen molar-refractivity contribution in [3.05, 3.63) is 42.0 Å². The first kappa shape index (κ1) is 13.0. The number of hydrogen-bond donors (Lipinski definition) is 1. The molecule has 2 rings (SSSR count). The van der Waals surface area contributed by atoms with Gasteiger partial charge in [0.1, 0.15) is 5.75 Å². The first-order valence-corrected chi connectivity index (χ1v) is 6.11. The van der Waals surface area contributed by atoms with Crippen molar-refractivity contribution in [2.45, 2.75) is 38.5 Å². The molecule has 2 nitrogen and oxygen atoms in total. The van der Waals surface area contributed by atoms with Crippen molar-refractivity contribution in [3.63, 3.8) is 0 Å². The van der Waals surface area contributed by atoms with E-state index in [2.05, 4.69) is 29.1 Å². The fraction of sp³-hybridized carbons (Fsp3) is 0.429. The standard InChI is InChI=1S/C14H17F2NO/c1-10(17-12-4-2-3-5-12)11-6-8-13(9-7-11)18-14(15)16/h2-3,6-10,12,14,17H,4-5H2,1H3. The molecule has 1 aliphatic rings. The zero-order valence-corrected chi connectivity index (χ0v) is 10.3. The normalized spacial score (nSPS) is 17.3. The molecule has 1 aromatic carbocycles. The molecule has 0 amide bonds. The molecule has 0 heterocycles. The van der Waals surface area contributed by atoms with Crippen LogP contribution in [-0.4, -0.2) is 12.7 Å². The number of ether oxygens (including phenoxy) is 1. The predicted octanol–water partition coefficient (Wildman–Crippen LogP) is 3.66. The molecule has 0 aliphatic heterocycles. The van der Waals surface area contributed by atoms with Crippen molar-refractivity contribution in [3.8, 4) is 5.75 Å². The first-order chi connectivity index (χ1) is 8.65. The molecule has 0 saturated carbocycles. The maximum Gasteiger partial charge on any atom is 0.387 e. The molecule has 1 unspecified atom stereocenters. The molecule has 1 aromatic rings. The van der Waals surface area contributed by atoms with Crippen molar-refractivity contribution in [2.75, 3.05) is 0 Å². The lowest BCUT2D eigenvalue weighted by Gasteiger charge is -2.19. The summed E-state index contributed by atoms with van der Waals surface area (Å²) in [5.41, 5.74) is 1.07. The van der Waals surface area contributed by atoms with Crippen molar-refractivity contribution in [1.82, 2.24) is 5.32 Å². The molecule has 18 heavy (non-hydrogen) atoms. The quantitative estimate of drug-likeness (QED) is 0.809. The second kappa shape index (κ2) is 5.96. The smallest absolute Gasteiger partial charge is 0.387 e. The third-order valence-corrected chi connectivity index (χ3v) is 3.10. The van der Waals surface area contributed by atoms with Crippen molar-refractivity contribution >= 4 is 0 Å². The van der Waals surface area contributed by atoms with E-state index in [1.54, 1.807) is 12.1 Å². The van der Waals surface area contributed by atoms with Crippen LogP contribution in [0.5, 0.6) is 5.75 Å². The molecular weight excluding hydrogens is 236 g/mol. The van der Waals surface area contributed by atoms with Crippen molar-refractivity contribution in [1.29, 1.82) is 0 Å². The number of rotatable bonds is 5. The van der Waals surface area contributed by atoms with Crippen LogP contribution < -0.4 is 10.1 Å². The summed E-state index contributed by atoms with van der Waals surface area (Å²) in [5, 5.41) is 3.50. The lowest BCUT2D eigenvalue weighted by atomic mass is 10.1. The van der Waals surface area contributed by atoms with Gasteiger partial charge >= 0.3 is 6.61 Å². The summed E-state index contributed by atoms with van der Waals surface area (Å²) in [5.74, 6) is 0.198. The average molecular weight is 253 g/mol. The Labute approximate surface area is 106 Å². The van der Waals surface area contributed by atoms with Crippen LogP contribution in [0.4, 0.5) is 8.78 Å². The van der Waals surface area contributed by atoms with E-state index in [0.717, 1.165) is 18.4 Å². The molecule has 1 aliphatic carbocycles. The van der Waals surface area contributed by atoms with Crippen molar-refractivity contribution in [2.24, 2.45) is 0 Å². The largest absolute Gasteiger partial charge is 0.435 e. The van der Waals surface area contributed by atoms with Gasteiger partial charge < -0.3 is 10.1 Å². The van der Waals surface area contributed by atoms with Crippen LogP contribution in [0.3, 0.4) is 0 Å². The highest BCUT2D eigenvalue weighted by molar-refractivity contribution is 5.29. The van der Waals surface area contributed by atoms with Gasteiger partial charge in [-0.05, 0) is 37.5 Å². The topological polar surface area (TPSA) is 21.3 Å². The molecule has 1 atom stereocenters. The zero-order valence-electron chi connectivity index (χ0n) is 10.3. The zero-order chi connectivity index (χ0) is 13.0. The first-order valence-electron chi connectivity index (χ1n) is 6.11. The van der Waals surface area contributed by atoms with Crippen LogP contribution in [0, 0.1) is 0 Å². The lowest BCUT2D eigenvalue weighted by Crippen LogP contribution is -2.29. The van der Waals surface area contributed by atoms with Crippen LogP contribution >= 0.6 is 0 Å². The van der Waals surface area contributed by atoms with E-state index in [1.165, 1.54) is 0 Å². The van der Waals surface area contributed by atoms with Gasteiger partial charge in [0.25, 0.3) is 0 Å². The minimum absolute atomic E-state index is 0.198. The second-order valence-electron chi connectivity index (χ2n) is 4.48. The highest BCUT2D eigenvalue weighted by Crippen LogP contribution is 2.21. The molecule has 0 bridgehead atoms. The van der Waals surface area contributed by atoms with E-state index < -0.39 is 6.61 Å². The van der Waals surface area contributed by atoms with E-state index in [1.807, 2.05) is 12.1 Å². The highest BCUT2D eigenvalue weighted by Gasteiger charge is 2.14. The number of nitrogens with one attached hydrogen (secondary N) is 1. The summed E-state index contributed by atoms with van der Waals surface area (Å²) in [4.78, 5) is 0. The third kappa shape index (κ3) is 3.53. The Morgan fingerprint density at radius 1 is 1.17 bits per heavy atom. The Balaban J connectivity index is 1.91. The van der Waals surface area contributed by atoms with E-state index in [-0.39, 0.29) is 11.8 Å². The molecule has 0 saturated heterocycles. The second-order valence-corrected chi connectivity index (χ2v) is 4.48. The highest BCUT2D eigenvalue weighted by atomic mass is 19.3. The Morgan fingerprint density at radius 3 is 2.33 bits per heavy atom. The Kier molecular flexibility index (Phi) is 4.31. The minimum Gasteiger partial charge on any atom is -0.435 e. The summed E-state index contributed by atoms with van der Waals surface area (Å²) in [6.07, 6.45) is 6.45. The van der Waals surface area contributed by atoms with E-state index >= 15 is 0 Å². The molecule has 0 radical (unpaired) electrons. The SMILES string of the molecule is CC(NC1CC=CC1)c1ccc(OC(F)F)cc1. The van der Waals surface area contributed by atoms with Crippen molar-refractivity contribution < 1.29 is 13.5 Å². The van der Waals surface area contributed by atoms with E-state index in [4.69, 9.17) is 0 Å². The number of alkyl halides is 2. The minimum atomic E-state index is -2.77. The van der Waals surface area contributed by atoms with Gasteiger partial charge in [0.05, 0.1) is 0 Å². The van der Waals surface area contributed by atoms with Crippen LogP contribution in [0.15, 0.2) is 36.4 Å². The Bertz CT molecular complexity index is 395. The van der Waals surface area contributed by atoms with Gasteiger partial charge in [-0.2, -0.15) is 8.78 Å².